The summed E-state index contributed by atoms with van der Waals surface area (Å²) in [5.74, 6) is -0.318. The third-order valence-corrected chi connectivity index (χ3v) is 3.88. The van der Waals surface area contributed by atoms with Crippen LogP contribution in [0.15, 0.2) is 61.7 Å². The van der Waals surface area contributed by atoms with Crippen LogP contribution in [0.1, 0.15) is 22.7 Å². The quantitative estimate of drug-likeness (QED) is 0.850. The molecule has 1 unspecified atom stereocenters. The van der Waals surface area contributed by atoms with Gasteiger partial charge in [0.2, 0.25) is 0 Å². The lowest BCUT2D eigenvalue weighted by Gasteiger charge is -2.29. The van der Waals surface area contributed by atoms with E-state index in [4.69, 9.17) is 0 Å². The highest BCUT2D eigenvalue weighted by atomic mass is 19.1. The van der Waals surface area contributed by atoms with Crippen molar-refractivity contribution in [3.63, 3.8) is 0 Å². The van der Waals surface area contributed by atoms with Crippen LogP contribution in [0.3, 0.4) is 0 Å². The predicted molar refractivity (Wildman–Crippen MR) is 82.0 cm³/mol. The van der Waals surface area contributed by atoms with Crippen molar-refractivity contribution in [2.75, 3.05) is 0 Å². The van der Waals surface area contributed by atoms with Crippen LogP contribution in [0.4, 0.5) is 4.39 Å². The first kappa shape index (κ1) is 13.4. The van der Waals surface area contributed by atoms with Crippen molar-refractivity contribution in [3.8, 4) is 5.75 Å². The fraction of sp³-hybridized carbons (Fsp3) is 0.111. The van der Waals surface area contributed by atoms with E-state index in [9.17, 15) is 9.50 Å². The van der Waals surface area contributed by atoms with E-state index in [0.29, 0.717) is 12.1 Å². The van der Waals surface area contributed by atoms with Crippen LogP contribution in [0.25, 0.3) is 5.70 Å². The Morgan fingerprint density at radius 2 is 2.00 bits per heavy atom. The zero-order valence-electron chi connectivity index (χ0n) is 11.6. The Kier molecular flexibility index (Phi) is 3.26. The molecule has 0 aromatic heterocycles. The van der Waals surface area contributed by atoms with Crippen LogP contribution < -0.4 is 0 Å². The van der Waals surface area contributed by atoms with E-state index in [1.807, 2.05) is 29.2 Å². The van der Waals surface area contributed by atoms with Gasteiger partial charge in [0, 0.05) is 23.4 Å². The van der Waals surface area contributed by atoms with Crippen molar-refractivity contribution in [3.05, 3.63) is 84.2 Å². The second-order valence-corrected chi connectivity index (χ2v) is 5.12. The molecule has 3 heteroatoms. The number of nitrogens with zero attached hydrogens (tertiary/aromatic N) is 1. The molecule has 2 aromatic carbocycles. The van der Waals surface area contributed by atoms with E-state index in [1.54, 1.807) is 6.08 Å². The van der Waals surface area contributed by atoms with Crippen LogP contribution in [0.5, 0.6) is 5.75 Å². The zero-order chi connectivity index (χ0) is 15.0. The summed E-state index contributed by atoms with van der Waals surface area (Å²) in [4.78, 5) is 2.02. The van der Waals surface area contributed by atoms with Crippen LogP contribution in [-0.2, 0) is 6.54 Å². The van der Waals surface area contributed by atoms with Gasteiger partial charge in [0.05, 0.1) is 6.04 Å². The third-order valence-electron chi connectivity index (χ3n) is 3.88. The van der Waals surface area contributed by atoms with Crippen molar-refractivity contribution in [1.82, 2.24) is 4.90 Å². The minimum Gasteiger partial charge on any atom is -0.508 e. The summed E-state index contributed by atoms with van der Waals surface area (Å²) in [6.07, 6.45) is 1.70. The van der Waals surface area contributed by atoms with Gasteiger partial charge < -0.3 is 10.0 Å². The Morgan fingerprint density at radius 3 is 2.71 bits per heavy atom. The average molecular weight is 281 g/mol. The van der Waals surface area contributed by atoms with Gasteiger partial charge >= 0.3 is 0 Å². The van der Waals surface area contributed by atoms with Crippen LogP contribution in [-0.4, -0.2) is 10.0 Å². The minimum atomic E-state index is -0.378. The first-order valence-electron chi connectivity index (χ1n) is 6.76. The van der Waals surface area contributed by atoms with Crippen molar-refractivity contribution in [1.29, 1.82) is 0 Å². The largest absolute Gasteiger partial charge is 0.508 e. The number of hydrogen-bond donors (Lipinski definition) is 1. The van der Waals surface area contributed by atoms with Crippen LogP contribution in [0, 0.1) is 5.82 Å². The number of phenols is 1. The molecular formula is C18H16FNO. The normalized spacial score (nSPS) is 14.9. The first-order chi connectivity index (χ1) is 10.1. The van der Waals surface area contributed by atoms with Crippen LogP contribution in [0.2, 0.25) is 0 Å². The molecule has 3 rings (SSSR count). The number of halogens is 1. The topological polar surface area (TPSA) is 23.5 Å². The Labute approximate surface area is 123 Å². The maximum Gasteiger partial charge on any atom is 0.123 e. The molecule has 21 heavy (non-hydrogen) atoms. The molecule has 0 aliphatic carbocycles. The van der Waals surface area contributed by atoms with Gasteiger partial charge in [-0.25, -0.2) is 4.39 Å². The summed E-state index contributed by atoms with van der Waals surface area (Å²) >= 11 is 0. The molecule has 0 fully saturated rings. The number of benzene rings is 2. The maximum absolute atomic E-state index is 13.5. The molecule has 0 bridgehead atoms. The maximum atomic E-state index is 13.5. The molecule has 1 aliphatic rings. The summed E-state index contributed by atoms with van der Waals surface area (Å²) in [6, 6.07) is 11.7. The van der Waals surface area contributed by atoms with Crippen molar-refractivity contribution in [2.45, 2.75) is 12.6 Å². The SMILES string of the molecule is C=CC(c1cc(F)ccc1O)N1Cc2ccccc2C1=C. The molecule has 2 nitrogen and oxygen atoms in total. The van der Waals surface area contributed by atoms with Crippen molar-refractivity contribution in [2.24, 2.45) is 0 Å². The number of fused-ring (bicyclic) bond motifs is 1. The highest BCUT2D eigenvalue weighted by Crippen LogP contribution is 2.40. The number of rotatable bonds is 3. The van der Waals surface area contributed by atoms with Gasteiger partial charge in [0.15, 0.2) is 0 Å². The molecule has 0 saturated heterocycles. The molecule has 1 heterocycles. The van der Waals surface area contributed by atoms with Crippen LogP contribution >= 0.6 is 0 Å². The fourth-order valence-corrected chi connectivity index (χ4v) is 2.82. The van der Waals surface area contributed by atoms with Gasteiger partial charge in [-0.1, -0.05) is 36.9 Å². The van der Waals surface area contributed by atoms with E-state index in [2.05, 4.69) is 13.2 Å². The molecule has 1 aliphatic heterocycles. The number of aromatic hydroxyl groups is 1. The summed E-state index contributed by atoms with van der Waals surface area (Å²) < 4.78 is 13.5. The Hall–Kier alpha value is -2.55. The molecule has 106 valence electrons. The number of hydrogen-bond acceptors (Lipinski definition) is 2. The zero-order valence-corrected chi connectivity index (χ0v) is 11.6. The highest BCUT2D eigenvalue weighted by Gasteiger charge is 2.28. The van der Waals surface area contributed by atoms with Crippen molar-refractivity contribution >= 4 is 5.70 Å². The first-order valence-corrected chi connectivity index (χ1v) is 6.76. The smallest absolute Gasteiger partial charge is 0.123 e. The van der Waals surface area contributed by atoms with Gasteiger partial charge in [0.1, 0.15) is 11.6 Å². The van der Waals surface area contributed by atoms with Crippen molar-refractivity contribution < 1.29 is 9.50 Å². The van der Waals surface area contributed by atoms with E-state index in [-0.39, 0.29) is 17.6 Å². The molecule has 2 aromatic rings. The van der Waals surface area contributed by atoms with E-state index in [0.717, 1.165) is 11.3 Å². The van der Waals surface area contributed by atoms with Gasteiger partial charge in [-0.2, -0.15) is 0 Å². The van der Waals surface area contributed by atoms with E-state index in [1.165, 1.54) is 23.8 Å². The average Bonchev–Trinajstić information content (AvgIpc) is 2.81. The second kappa shape index (κ2) is 5.09. The van der Waals surface area contributed by atoms with Gasteiger partial charge in [0.25, 0.3) is 0 Å². The predicted octanol–water partition coefficient (Wildman–Crippen LogP) is 4.24. The molecule has 0 amide bonds. The summed E-state index contributed by atoms with van der Waals surface area (Å²) in [6.45, 7) is 8.63. The lowest BCUT2D eigenvalue weighted by molar-refractivity contribution is 0.342. The van der Waals surface area contributed by atoms with E-state index >= 15 is 0 Å². The standard InChI is InChI=1S/C18H16FNO/c1-3-17(16-10-14(19)8-9-18(16)21)20-11-13-6-4-5-7-15(13)12(20)2/h3-10,17,21H,1-2,11H2. The van der Waals surface area contributed by atoms with Gasteiger partial charge in [-0.05, 0) is 23.8 Å². The summed E-state index contributed by atoms with van der Waals surface area (Å²) in [5.41, 5.74) is 3.61. The summed E-state index contributed by atoms with van der Waals surface area (Å²) in [5, 5.41) is 10.0. The van der Waals surface area contributed by atoms with Gasteiger partial charge in [-0.3, -0.25) is 0 Å². The Balaban J connectivity index is 2.01. The Morgan fingerprint density at radius 1 is 1.24 bits per heavy atom. The second-order valence-electron chi connectivity index (χ2n) is 5.12. The number of phenolic OH excluding ortho intramolecular Hbond substituents is 1. The molecule has 1 atom stereocenters. The highest BCUT2D eigenvalue weighted by molar-refractivity contribution is 5.69. The van der Waals surface area contributed by atoms with Gasteiger partial charge in [-0.15, -0.1) is 6.58 Å². The molecule has 0 saturated carbocycles. The molecular weight excluding hydrogens is 265 g/mol. The fourth-order valence-electron chi connectivity index (χ4n) is 2.82. The molecule has 0 spiro atoms. The minimum absolute atomic E-state index is 0.0602. The molecule has 1 N–H and O–H groups in total. The monoisotopic (exact) mass is 281 g/mol. The lowest BCUT2D eigenvalue weighted by Crippen LogP contribution is -2.20. The lowest BCUT2D eigenvalue weighted by atomic mass is 10.0. The third kappa shape index (κ3) is 2.21. The molecule has 0 radical (unpaired) electrons. The van der Waals surface area contributed by atoms with E-state index < -0.39 is 0 Å². The Bertz CT molecular complexity index is 723. The summed E-state index contributed by atoms with van der Waals surface area (Å²) in [7, 11) is 0.